The van der Waals surface area contributed by atoms with Crippen LogP contribution < -0.4 is 5.32 Å². The lowest BCUT2D eigenvalue weighted by Gasteiger charge is -2.37. The van der Waals surface area contributed by atoms with E-state index in [0.717, 1.165) is 57.3 Å². The maximum Gasteiger partial charge on any atom is 0.226 e. The second kappa shape index (κ2) is 6.20. The van der Waals surface area contributed by atoms with E-state index in [0.29, 0.717) is 12.0 Å². The Morgan fingerprint density at radius 3 is 3.00 bits per heavy atom. The Bertz CT molecular complexity index is 429. The van der Waals surface area contributed by atoms with E-state index in [4.69, 9.17) is 4.52 Å². The molecule has 0 radical (unpaired) electrons. The van der Waals surface area contributed by atoms with Gasteiger partial charge in [0.05, 0.1) is 0 Å². The number of likely N-dealkylation sites (N-methyl/N-ethyl adjacent to an activating group) is 2. The lowest BCUT2D eigenvalue weighted by atomic mass is 10.1. The minimum absolute atomic E-state index is 0.493. The minimum atomic E-state index is 0.493. The van der Waals surface area contributed by atoms with Gasteiger partial charge in [-0.2, -0.15) is 4.98 Å². The number of hydrogen-bond acceptors (Lipinski definition) is 6. The van der Waals surface area contributed by atoms with Crippen molar-refractivity contribution in [3.05, 3.63) is 11.7 Å². The molecule has 20 heavy (non-hydrogen) atoms. The molecule has 2 fully saturated rings. The minimum Gasteiger partial charge on any atom is -0.339 e. The molecule has 6 nitrogen and oxygen atoms in total. The molecule has 6 heteroatoms. The highest BCUT2D eigenvalue weighted by atomic mass is 16.5. The maximum atomic E-state index is 5.41. The van der Waals surface area contributed by atoms with Crippen LogP contribution >= 0.6 is 0 Å². The summed E-state index contributed by atoms with van der Waals surface area (Å²) in [5.41, 5.74) is 0. The fourth-order valence-corrected chi connectivity index (χ4v) is 3.12. The summed E-state index contributed by atoms with van der Waals surface area (Å²) in [6, 6.07) is 0.493. The quantitative estimate of drug-likeness (QED) is 0.838. The normalized spacial score (nSPS) is 29.1. The Kier molecular flexibility index (Phi) is 4.33. The molecule has 0 aromatic carbocycles. The van der Waals surface area contributed by atoms with Crippen molar-refractivity contribution in [1.29, 1.82) is 0 Å². The molecule has 1 aromatic rings. The summed E-state index contributed by atoms with van der Waals surface area (Å²) in [4.78, 5) is 9.35. The van der Waals surface area contributed by atoms with Gasteiger partial charge in [-0.05, 0) is 39.5 Å². The molecule has 3 heterocycles. The second-order valence-electron chi connectivity index (χ2n) is 6.27. The molecule has 1 N–H and O–H groups in total. The van der Waals surface area contributed by atoms with E-state index in [1.54, 1.807) is 0 Å². The fourth-order valence-electron chi connectivity index (χ4n) is 3.12. The Balaban J connectivity index is 1.56. The molecule has 3 rings (SSSR count). The molecule has 0 aliphatic carbocycles. The standard InChI is InChI=1S/C14H25N5O/c1-18-5-6-19(2)12(10-18)8-13-16-14(20-17-13)7-11-3-4-15-9-11/h11-12,15H,3-10H2,1-2H3. The maximum absolute atomic E-state index is 5.41. The van der Waals surface area contributed by atoms with Gasteiger partial charge in [0.2, 0.25) is 5.89 Å². The summed E-state index contributed by atoms with van der Waals surface area (Å²) in [5, 5.41) is 7.53. The van der Waals surface area contributed by atoms with Crippen LogP contribution in [-0.4, -0.2) is 72.8 Å². The van der Waals surface area contributed by atoms with Crippen LogP contribution in [0.15, 0.2) is 4.52 Å². The number of aromatic nitrogens is 2. The molecule has 0 saturated carbocycles. The van der Waals surface area contributed by atoms with Crippen LogP contribution in [0.25, 0.3) is 0 Å². The third-order valence-electron chi connectivity index (χ3n) is 4.53. The third-order valence-corrected chi connectivity index (χ3v) is 4.53. The summed E-state index contributed by atoms with van der Waals surface area (Å²) < 4.78 is 5.41. The Morgan fingerprint density at radius 1 is 1.30 bits per heavy atom. The van der Waals surface area contributed by atoms with E-state index in [1.807, 2.05) is 0 Å². The van der Waals surface area contributed by atoms with Gasteiger partial charge in [0, 0.05) is 38.5 Å². The molecule has 0 spiro atoms. The molecule has 2 saturated heterocycles. The van der Waals surface area contributed by atoms with Gasteiger partial charge in [-0.15, -0.1) is 0 Å². The first-order valence-electron chi connectivity index (χ1n) is 7.61. The average Bonchev–Trinajstić information content (AvgIpc) is 3.07. The van der Waals surface area contributed by atoms with Crippen molar-refractivity contribution in [2.75, 3.05) is 46.8 Å². The molecule has 1 aromatic heterocycles. The molecule has 0 bridgehead atoms. The highest BCUT2D eigenvalue weighted by molar-refractivity contribution is 4.94. The molecule has 2 aliphatic heterocycles. The first-order chi connectivity index (χ1) is 9.70. The monoisotopic (exact) mass is 279 g/mol. The van der Waals surface area contributed by atoms with Crippen molar-refractivity contribution in [3.63, 3.8) is 0 Å². The first-order valence-corrected chi connectivity index (χ1v) is 7.61. The Labute approximate surface area is 120 Å². The zero-order valence-electron chi connectivity index (χ0n) is 12.5. The number of rotatable bonds is 4. The molecule has 2 unspecified atom stereocenters. The highest BCUT2D eigenvalue weighted by Gasteiger charge is 2.25. The van der Waals surface area contributed by atoms with E-state index in [2.05, 4.69) is 39.4 Å². The van der Waals surface area contributed by atoms with Crippen LogP contribution in [0.4, 0.5) is 0 Å². The van der Waals surface area contributed by atoms with Crippen LogP contribution in [-0.2, 0) is 12.8 Å². The van der Waals surface area contributed by atoms with Gasteiger partial charge in [0.1, 0.15) is 0 Å². The van der Waals surface area contributed by atoms with E-state index in [-0.39, 0.29) is 0 Å². The van der Waals surface area contributed by atoms with Gasteiger partial charge < -0.3 is 19.6 Å². The molecule has 112 valence electrons. The van der Waals surface area contributed by atoms with Gasteiger partial charge in [-0.1, -0.05) is 5.16 Å². The Hall–Kier alpha value is -0.980. The van der Waals surface area contributed by atoms with E-state index in [1.165, 1.54) is 6.42 Å². The largest absolute Gasteiger partial charge is 0.339 e. The summed E-state index contributed by atoms with van der Waals surface area (Å²) in [7, 11) is 4.36. The third kappa shape index (κ3) is 3.37. The van der Waals surface area contributed by atoms with Gasteiger partial charge in [0.15, 0.2) is 5.82 Å². The highest BCUT2D eigenvalue weighted by Crippen LogP contribution is 2.15. The van der Waals surface area contributed by atoms with Crippen molar-refractivity contribution in [2.24, 2.45) is 5.92 Å². The number of piperazine rings is 1. The summed E-state index contributed by atoms with van der Waals surface area (Å²) >= 11 is 0. The van der Waals surface area contributed by atoms with Crippen molar-refractivity contribution < 1.29 is 4.52 Å². The van der Waals surface area contributed by atoms with Gasteiger partial charge in [0.25, 0.3) is 0 Å². The van der Waals surface area contributed by atoms with Gasteiger partial charge >= 0.3 is 0 Å². The van der Waals surface area contributed by atoms with Crippen molar-refractivity contribution in [1.82, 2.24) is 25.3 Å². The van der Waals surface area contributed by atoms with Gasteiger partial charge in [-0.25, -0.2) is 0 Å². The zero-order valence-corrected chi connectivity index (χ0v) is 12.5. The van der Waals surface area contributed by atoms with Gasteiger partial charge in [-0.3, -0.25) is 0 Å². The molecule has 0 amide bonds. The number of hydrogen-bond donors (Lipinski definition) is 1. The first kappa shape index (κ1) is 14.0. The summed E-state index contributed by atoms with van der Waals surface area (Å²) in [6.45, 7) is 5.52. The molecular formula is C14H25N5O. The van der Waals surface area contributed by atoms with Crippen LogP contribution in [0.2, 0.25) is 0 Å². The van der Waals surface area contributed by atoms with Crippen LogP contribution in [0.3, 0.4) is 0 Å². The molecular weight excluding hydrogens is 254 g/mol. The summed E-state index contributed by atoms with van der Waals surface area (Å²) in [6.07, 6.45) is 3.02. The van der Waals surface area contributed by atoms with E-state index >= 15 is 0 Å². The number of nitrogens with one attached hydrogen (secondary N) is 1. The van der Waals surface area contributed by atoms with Crippen LogP contribution in [0.1, 0.15) is 18.1 Å². The fraction of sp³-hybridized carbons (Fsp3) is 0.857. The predicted octanol–water partition coefficient (Wildman–Crippen LogP) is 0.00990. The zero-order chi connectivity index (χ0) is 13.9. The van der Waals surface area contributed by atoms with E-state index < -0.39 is 0 Å². The second-order valence-corrected chi connectivity index (χ2v) is 6.27. The SMILES string of the molecule is CN1CCN(C)C(Cc2noc(CC3CCNC3)n2)C1. The van der Waals surface area contributed by atoms with Crippen molar-refractivity contribution >= 4 is 0 Å². The summed E-state index contributed by atoms with van der Waals surface area (Å²) in [5.74, 6) is 2.32. The van der Waals surface area contributed by atoms with E-state index in [9.17, 15) is 0 Å². The van der Waals surface area contributed by atoms with Crippen molar-refractivity contribution in [2.45, 2.75) is 25.3 Å². The average molecular weight is 279 g/mol. The van der Waals surface area contributed by atoms with Crippen LogP contribution in [0.5, 0.6) is 0 Å². The van der Waals surface area contributed by atoms with Crippen molar-refractivity contribution in [3.8, 4) is 0 Å². The molecule has 2 atom stereocenters. The Morgan fingerprint density at radius 2 is 2.20 bits per heavy atom. The lowest BCUT2D eigenvalue weighted by molar-refractivity contribution is 0.113. The number of nitrogens with zero attached hydrogens (tertiary/aromatic N) is 4. The van der Waals surface area contributed by atoms with Crippen LogP contribution in [0, 0.1) is 5.92 Å². The predicted molar refractivity (Wildman–Crippen MR) is 76.6 cm³/mol. The topological polar surface area (TPSA) is 57.4 Å². The lowest BCUT2D eigenvalue weighted by Crippen LogP contribution is -2.50. The smallest absolute Gasteiger partial charge is 0.226 e. The molecule has 2 aliphatic rings.